The third-order valence-corrected chi connectivity index (χ3v) is 5.25. The molecule has 1 saturated carbocycles. The quantitative estimate of drug-likeness (QED) is 0.656. The molecule has 1 amide bonds. The fraction of sp³-hybridized carbons (Fsp3) is 0.556. The number of rotatable bonds is 4. The zero-order valence-corrected chi connectivity index (χ0v) is 14.6. The van der Waals surface area contributed by atoms with Crippen LogP contribution in [0.3, 0.4) is 0 Å². The minimum Gasteiger partial charge on any atom is -0.272 e. The van der Waals surface area contributed by atoms with Gasteiger partial charge in [0.1, 0.15) is 0 Å². The second-order valence-electron chi connectivity index (χ2n) is 6.96. The number of carbonyl (C=O) groups is 1. The summed E-state index contributed by atoms with van der Waals surface area (Å²) >= 11 is 1.54. The fourth-order valence-electron chi connectivity index (χ4n) is 2.77. The van der Waals surface area contributed by atoms with Crippen LogP contribution in [0, 0.1) is 11.3 Å². The molecule has 1 N–H and O–H groups in total. The monoisotopic (exact) mass is 318 g/mol. The van der Waals surface area contributed by atoms with Crippen molar-refractivity contribution in [2.75, 3.05) is 5.75 Å². The Morgan fingerprint density at radius 3 is 2.45 bits per heavy atom. The molecule has 1 aromatic rings. The van der Waals surface area contributed by atoms with Crippen molar-refractivity contribution < 1.29 is 4.79 Å². The zero-order chi connectivity index (χ0) is 16.0. The molecule has 1 aromatic carbocycles. The molecule has 0 saturated heterocycles. The summed E-state index contributed by atoms with van der Waals surface area (Å²) in [7, 11) is 0. The molecule has 1 fully saturated rings. The minimum absolute atomic E-state index is 0.0284. The highest BCUT2D eigenvalue weighted by Gasteiger charge is 2.28. The Morgan fingerprint density at radius 2 is 1.86 bits per heavy atom. The average Bonchev–Trinajstić information content (AvgIpc) is 2.51. The van der Waals surface area contributed by atoms with Crippen LogP contribution in [0.4, 0.5) is 0 Å². The lowest BCUT2D eigenvalue weighted by Gasteiger charge is -2.34. The topological polar surface area (TPSA) is 41.5 Å². The summed E-state index contributed by atoms with van der Waals surface area (Å²) < 4.78 is 0. The van der Waals surface area contributed by atoms with Crippen LogP contribution in [0.15, 0.2) is 40.3 Å². The van der Waals surface area contributed by atoms with E-state index < -0.39 is 0 Å². The van der Waals surface area contributed by atoms with Gasteiger partial charge in [-0.15, -0.1) is 11.8 Å². The molecule has 0 aromatic heterocycles. The van der Waals surface area contributed by atoms with E-state index in [1.807, 2.05) is 30.3 Å². The average molecular weight is 318 g/mol. The summed E-state index contributed by atoms with van der Waals surface area (Å²) in [6.45, 7) is 6.92. The Labute approximate surface area is 138 Å². The summed E-state index contributed by atoms with van der Waals surface area (Å²) in [6.07, 6.45) is 4.37. The van der Waals surface area contributed by atoms with E-state index in [9.17, 15) is 4.79 Å². The van der Waals surface area contributed by atoms with E-state index in [0.717, 1.165) is 29.4 Å². The summed E-state index contributed by atoms with van der Waals surface area (Å²) in [6, 6.07) is 9.96. The molecular formula is C18H26N2OS. The van der Waals surface area contributed by atoms with Crippen LogP contribution in [0.25, 0.3) is 0 Å². The summed E-state index contributed by atoms with van der Waals surface area (Å²) in [5.41, 5.74) is 4.22. The van der Waals surface area contributed by atoms with Crippen molar-refractivity contribution in [1.82, 2.24) is 5.43 Å². The van der Waals surface area contributed by atoms with Crippen LogP contribution in [0.5, 0.6) is 0 Å². The molecular weight excluding hydrogens is 292 g/mol. The van der Waals surface area contributed by atoms with E-state index in [1.165, 1.54) is 24.6 Å². The predicted molar refractivity (Wildman–Crippen MR) is 94.2 cm³/mol. The standard InChI is InChI=1S/C18H26N2OS/c1-18(2,3)14-9-11-15(12-10-14)19-20-17(21)13-22-16-7-5-4-6-8-16/h4-8,14H,9-13H2,1-3H3,(H,20,21). The summed E-state index contributed by atoms with van der Waals surface area (Å²) in [5, 5.41) is 4.32. The van der Waals surface area contributed by atoms with Gasteiger partial charge in [0, 0.05) is 10.6 Å². The number of carbonyl (C=O) groups excluding carboxylic acids is 1. The highest BCUT2D eigenvalue weighted by Crippen LogP contribution is 2.36. The second kappa shape index (κ2) is 7.82. The lowest BCUT2D eigenvalue weighted by atomic mass is 9.72. The smallest absolute Gasteiger partial charge is 0.250 e. The van der Waals surface area contributed by atoms with Gasteiger partial charge in [-0.25, -0.2) is 5.43 Å². The van der Waals surface area contributed by atoms with Crippen molar-refractivity contribution in [2.24, 2.45) is 16.4 Å². The Kier molecular flexibility index (Phi) is 6.07. The van der Waals surface area contributed by atoms with Crippen LogP contribution in [0.1, 0.15) is 46.5 Å². The molecule has 1 aliphatic rings. The lowest BCUT2D eigenvalue weighted by molar-refractivity contribution is -0.118. The van der Waals surface area contributed by atoms with Crippen LogP contribution in [-0.4, -0.2) is 17.4 Å². The van der Waals surface area contributed by atoms with Crippen molar-refractivity contribution in [3.05, 3.63) is 30.3 Å². The van der Waals surface area contributed by atoms with Gasteiger partial charge in [0.2, 0.25) is 5.91 Å². The van der Waals surface area contributed by atoms with E-state index in [1.54, 1.807) is 0 Å². The Balaban J connectivity index is 1.72. The van der Waals surface area contributed by atoms with Crippen LogP contribution in [0.2, 0.25) is 0 Å². The Morgan fingerprint density at radius 1 is 1.23 bits per heavy atom. The lowest BCUT2D eigenvalue weighted by Crippen LogP contribution is -2.28. The van der Waals surface area contributed by atoms with Crippen molar-refractivity contribution >= 4 is 23.4 Å². The maximum absolute atomic E-state index is 11.8. The SMILES string of the molecule is CC(C)(C)C1CCC(=NNC(=O)CSc2ccccc2)CC1. The molecule has 1 aliphatic carbocycles. The molecule has 0 unspecified atom stereocenters. The van der Waals surface area contributed by atoms with Gasteiger partial charge in [-0.1, -0.05) is 39.0 Å². The first-order chi connectivity index (χ1) is 10.4. The van der Waals surface area contributed by atoms with Gasteiger partial charge < -0.3 is 0 Å². The van der Waals surface area contributed by atoms with Crippen LogP contribution in [-0.2, 0) is 4.79 Å². The molecule has 0 atom stereocenters. The molecule has 0 heterocycles. The number of nitrogens with one attached hydrogen (secondary N) is 1. The van der Waals surface area contributed by atoms with E-state index in [0.29, 0.717) is 11.2 Å². The second-order valence-corrected chi connectivity index (χ2v) is 8.00. The number of amides is 1. The number of nitrogens with zero attached hydrogens (tertiary/aromatic N) is 1. The zero-order valence-electron chi connectivity index (χ0n) is 13.8. The largest absolute Gasteiger partial charge is 0.272 e. The third kappa shape index (κ3) is 5.48. The first kappa shape index (κ1) is 17.1. The highest BCUT2D eigenvalue weighted by molar-refractivity contribution is 8.00. The van der Waals surface area contributed by atoms with Crippen molar-refractivity contribution in [2.45, 2.75) is 51.3 Å². The van der Waals surface area contributed by atoms with Gasteiger partial charge in [-0.3, -0.25) is 4.79 Å². The van der Waals surface area contributed by atoms with E-state index in [-0.39, 0.29) is 5.91 Å². The molecule has 22 heavy (non-hydrogen) atoms. The maximum Gasteiger partial charge on any atom is 0.250 e. The van der Waals surface area contributed by atoms with E-state index in [4.69, 9.17) is 0 Å². The Hall–Kier alpha value is -1.29. The first-order valence-corrected chi connectivity index (χ1v) is 8.96. The van der Waals surface area contributed by atoms with E-state index >= 15 is 0 Å². The summed E-state index contributed by atoms with van der Waals surface area (Å²) in [4.78, 5) is 13.0. The number of benzene rings is 1. The molecule has 3 nitrogen and oxygen atoms in total. The molecule has 4 heteroatoms. The van der Waals surface area contributed by atoms with Gasteiger partial charge in [0.25, 0.3) is 0 Å². The number of hydrogen-bond donors (Lipinski definition) is 1. The van der Waals surface area contributed by atoms with Crippen molar-refractivity contribution in [3.63, 3.8) is 0 Å². The van der Waals surface area contributed by atoms with Gasteiger partial charge in [-0.2, -0.15) is 5.10 Å². The third-order valence-electron chi connectivity index (χ3n) is 4.24. The van der Waals surface area contributed by atoms with Gasteiger partial charge in [0.05, 0.1) is 5.75 Å². The summed E-state index contributed by atoms with van der Waals surface area (Å²) in [5.74, 6) is 1.14. The number of hydrazone groups is 1. The number of hydrogen-bond acceptors (Lipinski definition) is 3. The Bertz CT molecular complexity index is 510. The molecule has 0 bridgehead atoms. The molecule has 120 valence electrons. The maximum atomic E-state index is 11.8. The van der Waals surface area contributed by atoms with Crippen molar-refractivity contribution in [1.29, 1.82) is 0 Å². The molecule has 0 radical (unpaired) electrons. The molecule has 0 aliphatic heterocycles. The fourth-order valence-corrected chi connectivity index (χ4v) is 3.48. The van der Waals surface area contributed by atoms with Gasteiger partial charge in [-0.05, 0) is 49.1 Å². The van der Waals surface area contributed by atoms with E-state index in [2.05, 4.69) is 31.3 Å². The first-order valence-electron chi connectivity index (χ1n) is 7.97. The van der Waals surface area contributed by atoms with Gasteiger partial charge in [0.15, 0.2) is 0 Å². The van der Waals surface area contributed by atoms with Crippen molar-refractivity contribution in [3.8, 4) is 0 Å². The van der Waals surface area contributed by atoms with Crippen LogP contribution >= 0.6 is 11.8 Å². The predicted octanol–water partition coefficient (Wildman–Crippen LogP) is 4.49. The van der Waals surface area contributed by atoms with Gasteiger partial charge >= 0.3 is 0 Å². The molecule has 0 spiro atoms. The normalized spacial score (nSPS) is 18.9. The molecule has 2 rings (SSSR count). The van der Waals surface area contributed by atoms with Crippen LogP contribution < -0.4 is 5.43 Å². The highest BCUT2D eigenvalue weighted by atomic mass is 32.2. The number of thioether (sulfide) groups is 1. The minimum atomic E-state index is -0.0284.